The number of hydrogen-bond acceptors (Lipinski definition) is 6. The van der Waals surface area contributed by atoms with E-state index in [9.17, 15) is 29.4 Å². The van der Waals surface area contributed by atoms with Crippen LogP contribution in [0.5, 0.6) is 0 Å². The van der Waals surface area contributed by atoms with Crippen LogP contribution in [0.1, 0.15) is 87.0 Å². The number of aliphatic hydroxyl groups excluding tert-OH is 2. The lowest BCUT2D eigenvalue weighted by atomic mass is 9.42. The van der Waals surface area contributed by atoms with Gasteiger partial charge in [0, 0.05) is 24.8 Å². The molecule has 0 saturated heterocycles. The van der Waals surface area contributed by atoms with E-state index in [1.54, 1.807) is 6.92 Å². The predicted molar refractivity (Wildman–Crippen MR) is 137 cm³/mol. The number of allylic oxidation sites excluding steroid dienone is 3. The van der Waals surface area contributed by atoms with Crippen LogP contribution in [0.15, 0.2) is 22.8 Å². The Hall–Kier alpha value is -2.12. The third-order valence-corrected chi connectivity index (χ3v) is 11.2. The van der Waals surface area contributed by atoms with Gasteiger partial charge in [0.15, 0.2) is 11.6 Å². The summed E-state index contributed by atoms with van der Waals surface area (Å²) in [5.74, 6) is -2.71. The third-order valence-electron chi connectivity index (χ3n) is 11.2. The minimum absolute atomic E-state index is 0.0321. The van der Waals surface area contributed by atoms with E-state index >= 15 is 0 Å². The molecule has 3 N–H and O–H groups in total. The van der Waals surface area contributed by atoms with Gasteiger partial charge in [0.05, 0.1) is 23.5 Å². The number of carboxylic acids is 1. The first-order valence-electron chi connectivity index (χ1n) is 13.5. The van der Waals surface area contributed by atoms with E-state index in [1.807, 2.05) is 27.7 Å². The second kappa shape index (κ2) is 8.70. The average molecular weight is 515 g/mol. The molecule has 0 aromatic carbocycles. The van der Waals surface area contributed by atoms with E-state index in [1.165, 1.54) is 13.0 Å². The first-order chi connectivity index (χ1) is 16.9. The fraction of sp³-hybridized carbons (Fsp3) is 0.733. The fourth-order valence-electron chi connectivity index (χ4n) is 8.69. The summed E-state index contributed by atoms with van der Waals surface area (Å²) >= 11 is 0. The third kappa shape index (κ3) is 3.75. The van der Waals surface area contributed by atoms with Crippen molar-refractivity contribution in [2.24, 2.45) is 39.4 Å². The Morgan fingerprint density at radius 2 is 1.73 bits per heavy atom. The van der Waals surface area contributed by atoms with Crippen LogP contribution in [0.2, 0.25) is 0 Å². The molecule has 204 valence electrons. The normalized spacial score (nSPS) is 42.1. The molecule has 0 heterocycles. The highest BCUT2D eigenvalue weighted by Crippen LogP contribution is 2.70. The number of aliphatic carboxylic acids is 1. The van der Waals surface area contributed by atoms with Crippen molar-refractivity contribution >= 4 is 23.3 Å². The van der Waals surface area contributed by atoms with Gasteiger partial charge in [0.1, 0.15) is 5.78 Å². The molecule has 8 atom stereocenters. The maximum absolute atomic E-state index is 14.0. The van der Waals surface area contributed by atoms with E-state index in [-0.39, 0.29) is 48.4 Å². The monoisotopic (exact) mass is 514 g/mol. The number of ketones is 3. The highest BCUT2D eigenvalue weighted by molar-refractivity contribution is 6.05. The number of carboxylic acid groups (broad SMARTS) is 1. The van der Waals surface area contributed by atoms with Crippen molar-refractivity contribution in [3.63, 3.8) is 0 Å². The Morgan fingerprint density at radius 3 is 2.32 bits per heavy atom. The van der Waals surface area contributed by atoms with E-state index in [0.717, 1.165) is 0 Å². The summed E-state index contributed by atoms with van der Waals surface area (Å²) < 4.78 is 0. The molecule has 4 aliphatic rings. The Balaban J connectivity index is 1.80. The molecule has 0 radical (unpaired) electrons. The van der Waals surface area contributed by atoms with Crippen LogP contribution in [-0.4, -0.2) is 50.8 Å². The maximum Gasteiger partial charge on any atom is 0.306 e. The van der Waals surface area contributed by atoms with Crippen molar-refractivity contribution in [3.8, 4) is 0 Å². The summed E-state index contributed by atoms with van der Waals surface area (Å²) in [6, 6.07) is 0. The molecule has 4 rings (SSSR count). The van der Waals surface area contributed by atoms with E-state index in [4.69, 9.17) is 5.11 Å². The minimum Gasteiger partial charge on any atom is -0.481 e. The zero-order valence-electron chi connectivity index (χ0n) is 23.2. The Kier molecular flexibility index (Phi) is 6.56. The molecule has 37 heavy (non-hydrogen) atoms. The van der Waals surface area contributed by atoms with E-state index in [0.29, 0.717) is 36.0 Å². The van der Waals surface area contributed by atoms with E-state index < -0.39 is 45.8 Å². The van der Waals surface area contributed by atoms with Crippen LogP contribution in [0.3, 0.4) is 0 Å². The number of fused-ring (bicyclic) bond motifs is 4. The summed E-state index contributed by atoms with van der Waals surface area (Å²) in [6.45, 7) is 13.1. The molecule has 7 heteroatoms. The maximum atomic E-state index is 14.0. The molecule has 2 saturated carbocycles. The molecule has 0 aliphatic heterocycles. The van der Waals surface area contributed by atoms with Crippen LogP contribution in [0.25, 0.3) is 0 Å². The molecule has 0 bridgehead atoms. The Labute approximate surface area is 219 Å². The average Bonchev–Trinajstić information content (AvgIpc) is 2.99. The number of carbonyl (C=O) groups excluding carboxylic acids is 3. The van der Waals surface area contributed by atoms with Crippen LogP contribution in [0, 0.1) is 39.4 Å². The van der Waals surface area contributed by atoms with Gasteiger partial charge in [0.2, 0.25) is 0 Å². The predicted octanol–water partition coefficient (Wildman–Crippen LogP) is 4.05. The molecule has 1 unspecified atom stereocenters. The van der Waals surface area contributed by atoms with Crippen LogP contribution < -0.4 is 0 Å². The topological polar surface area (TPSA) is 129 Å². The summed E-state index contributed by atoms with van der Waals surface area (Å²) in [5.41, 5.74) is -1.06. The van der Waals surface area contributed by atoms with Gasteiger partial charge in [-0.15, -0.1) is 0 Å². The molecule has 2 fully saturated rings. The zero-order valence-corrected chi connectivity index (χ0v) is 23.2. The van der Waals surface area contributed by atoms with Crippen molar-refractivity contribution in [2.75, 3.05) is 0 Å². The quantitative estimate of drug-likeness (QED) is 0.472. The van der Waals surface area contributed by atoms with Crippen molar-refractivity contribution in [2.45, 2.75) is 99.2 Å². The molecule has 0 amide bonds. The summed E-state index contributed by atoms with van der Waals surface area (Å²) in [6.07, 6.45) is 1.71. The second-order valence-corrected chi connectivity index (χ2v) is 13.5. The van der Waals surface area contributed by atoms with Gasteiger partial charge in [-0.2, -0.15) is 0 Å². The SMILES string of the molecule is C/C(=C/C(=O)CC(C)C(=O)O)[C@H]1CC(=O)[C@@]2(C)C3=C(C(=O)C[C@]12C)[C@@]1(C)CC[C@H](O)C(C)(C)[C@@H]1C[C@@H]3O. The molecule has 0 spiro atoms. The van der Waals surface area contributed by atoms with Gasteiger partial charge in [-0.05, 0) is 72.8 Å². The fourth-order valence-corrected chi connectivity index (χ4v) is 8.69. The summed E-state index contributed by atoms with van der Waals surface area (Å²) in [4.78, 5) is 51.7. The van der Waals surface area contributed by atoms with Crippen LogP contribution in [-0.2, 0) is 19.2 Å². The number of aliphatic hydroxyl groups is 2. The van der Waals surface area contributed by atoms with Gasteiger partial charge in [-0.3, -0.25) is 19.2 Å². The minimum atomic E-state index is -1.05. The Morgan fingerprint density at radius 1 is 1.11 bits per heavy atom. The molecular weight excluding hydrogens is 472 g/mol. The van der Waals surface area contributed by atoms with Gasteiger partial charge >= 0.3 is 5.97 Å². The van der Waals surface area contributed by atoms with Gasteiger partial charge in [0.25, 0.3) is 0 Å². The highest BCUT2D eigenvalue weighted by Gasteiger charge is 2.69. The summed E-state index contributed by atoms with van der Waals surface area (Å²) in [7, 11) is 0. The zero-order chi connectivity index (χ0) is 27.9. The smallest absolute Gasteiger partial charge is 0.306 e. The van der Waals surface area contributed by atoms with Gasteiger partial charge < -0.3 is 15.3 Å². The molecule has 4 aliphatic carbocycles. The van der Waals surface area contributed by atoms with Crippen LogP contribution in [0.4, 0.5) is 0 Å². The van der Waals surface area contributed by atoms with Crippen molar-refractivity contribution in [1.82, 2.24) is 0 Å². The standard InChI is InChI=1S/C30H42O7/c1-15(10-17(31)11-16(2)26(36)37)18-12-23(35)30(7)25-19(32)13-21-27(3,4)22(34)8-9-28(21,5)24(25)20(33)14-29(18,30)6/h10,16,18-19,21-22,32,34H,8-9,11-14H2,1-7H3,(H,36,37)/b15-10-/t16?,18-,19+,21+,22+,28+,29-,30+/m1/s1. The molecule has 0 aromatic rings. The first-order valence-corrected chi connectivity index (χ1v) is 13.5. The largest absolute Gasteiger partial charge is 0.481 e. The summed E-state index contributed by atoms with van der Waals surface area (Å²) in [5, 5.41) is 31.5. The molecule has 7 nitrogen and oxygen atoms in total. The van der Waals surface area contributed by atoms with E-state index in [2.05, 4.69) is 6.92 Å². The highest BCUT2D eigenvalue weighted by atomic mass is 16.4. The molecule has 0 aromatic heterocycles. The van der Waals surface area contributed by atoms with Crippen molar-refractivity contribution in [3.05, 3.63) is 22.8 Å². The van der Waals surface area contributed by atoms with Crippen molar-refractivity contribution in [1.29, 1.82) is 0 Å². The number of hydrogen-bond donors (Lipinski definition) is 3. The van der Waals surface area contributed by atoms with Gasteiger partial charge in [-0.1, -0.05) is 40.2 Å². The Bertz CT molecular complexity index is 1130. The first kappa shape index (κ1) is 27.9. The van der Waals surface area contributed by atoms with Crippen LogP contribution >= 0.6 is 0 Å². The number of rotatable bonds is 5. The number of carbonyl (C=O) groups is 4. The van der Waals surface area contributed by atoms with Crippen molar-refractivity contribution < 1.29 is 34.5 Å². The van der Waals surface area contributed by atoms with Gasteiger partial charge in [-0.25, -0.2) is 0 Å². The lowest BCUT2D eigenvalue weighted by Crippen LogP contribution is -2.60. The number of Topliss-reactive ketones (excluding diaryl/α,β-unsaturated/α-hetero) is 2. The lowest BCUT2D eigenvalue weighted by molar-refractivity contribution is -0.143. The second-order valence-electron chi connectivity index (χ2n) is 13.5. The molecular formula is C30H42O7. The lowest BCUT2D eigenvalue weighted by Gasteiger charge is -2.61.